The third-order valence-electron chi connectivity index (χ3n) is 3.86. The third kappa shape index (κ3) is 4.64. The van der Waals surface area contributed by atoms with Crippen LogP contribution in [0.5, 0.6) is 0 Å². The number of amides is 1. The Morgan fingerprint density at radius 1 is 1.23 bits per heavy atom. The van der Waals surface area contributed by atoms with Crippen molar-refractivity contribution < 1.29 is 19.2 Å². The first-order valence-electron chi connectivity index (χ1n) is 7.87. The number of ether oxygens (including phenoxy) is 1. The van der Waals surface area contributed by atoms with E-state index in [1.54, 1.807) is 0 Å². The number of hydrogen-bond donors (Lipinski definition) is 2. The third-order valence-corrected chi connectivity index (χ3v) is 3.86. The first kappa shape index (κ1) is 19.1. The molecule has 0 unspecified atom stereocenters. The Hall–Kier alpha value is -3.26. The molecule has 2 rings (SSSR count). The monoisotopic (exact) mass is 357 g/mol. The molecule has 2 aromatic rings. The summed E-state index contributed by atoms with van der Waals surface area (Å²) >= 11 is 0. The largest absolute Gasteiger partial charge is 0.468 e. The molecular weight excluding hydrogens is 338 g/mol. The smallest absolute Gasteiger partial charge is 0.327 e. The molecule has 0 fully saturated rings. The van der Waals surface area contributed by atoms with E-state index in [-0.39, 0.29) is 16.8 Å². The molecule has 8 nitrogen and oxygen atoms in total. The van der Waals surface area contributed by atoms with Crippen LogP contribution in [0, 0.1) is 10.1 Å². The molecule has 1 amide bonds. The van der Waals surface area contributed by atoms with Gasteiger partial charge in [0.1, 0.15) is 6.04 Å². The summed E-state index contributed by atoms with van der Waals surface area (Å²) in [5.41, 5.74) is 5.96. The van der Waals surface area contributed by atoms with Crippen molar-refractivity contribution in [3.63, 3.8) is 0 Å². The van der Waals surface area contributed by atoms with Crippen LogP contribution in [0.15, 0.2) is 48.5 Å². The molecule has 0 aliphatic carbocycles. The zero-order valence-corrected chi connectivity index (χ0v) is 14.2. The van der Waals surface area contributed by atoms with Gasteiger partial charge in [0.2, 0.25) is 5.91 Å². The van der Waals surface area contributed by atoms with Crippen LogP contribution in [-0.4, -0.2) is 30.5 Å². The number of nitro groups is 1. The van der Waals surface area contributed by atoms with Crippen LogP contribution in [0.4, 0.5) is 5.69 Å². The van der Waals surface area contributed by atoms with Gasteiger partial charge < -0.3 is 15.8 Å². The Kier molecular flexibility index (Phi) is 6.40. The SMILES string of the molecule is COC(=O)[C@@H](NCCc1ccccc1)c1ccc(C(N)=O)cc1[N+](=O)[O-]. The number of carbonyl (C=O) groups excluding carboxylic acids is 2. The molecule has 26 heavy (non-hydrogen) atoms. The Labute approximate surface area is 150 Å². The van der Waals surface area contributed by atoms with Gasteiger partial charge in [0, 0.05) is 18.2 Å². The Balaban J connectivity index is 2.27. The normalized spacial score (nSPS) is 11.6. The van der Waals surface area contributed by atoms with Crippen LogP contribution < -0.4 is 11.1 Å². The highest BCUT2D eigenvalue weighted by Gasteiger charge is 2.29. The highest BCUT2D eigenvalue weighted by atomic mass is 16.6. The second-order valence-corrected chi connectivity index (χ2v) is 5.54. The lowest BCUT2D eigenvalue weighted by atomic mass is 10.0. The number of hydrogen-bond acceptors (Lipinski definition) is 6. The molecule has 0 radical (unpaired) electrons. The zero-order chi connectivity index (χ0) is 19.1. The van der Waals surface area contributed by atoms with Crippen molar-refractivity contribution in [1.29, 1.82) is 0 Å². The molecule has 2 aromatic carbocycles. The minimum Gasteiger partial charge on any atom is -0.468 e. The predicted molar refractivity (Wildman–Crippen MR) is 94.5 cm³/mol. The molecule has 0 aromatic heterocycles. The number of methoxy groups -OCH3 is 1. The maximum atomic E-state index is 12.1. The molecule has 3 N–H and O–H groups in total. The summed E-state index contributed by atoms with van der Waals surface area (Å²) in [6.45, 7) is 0.401. The second-order valence-electron chi connectivity index (χ2n) is 5.54. The van der Waals surface area contributed by atoms with E-state index in [0.29, 0.717) is 13.0 Å². The molecule has 8 heteroatoms. The minimum absolute atomic E-state index is 0.00616. The molecular formula is C18H19N3O5. The van der Waals surface area contributed by atoms with Gasteiger partial charge in [0.25, 0.3) is 5.69 Å². The predicted octanol–water partition coefficient (Wildman–Crippen LogP) is 1.74. The number of carbonyl (C=O) groups is 2. The first-order chi connectivity index (χ1) is 12.4. The van der Waals surface area contributed by atoms with Gasteiger partial charge in [-0.05, 0) is 24.1 Å². The Morgan fingerprint density at radius 2 is 1.92 bits per heavy atom. The zero-order valence-electron chi connectivity index (χ0n) is 14.2. The van der Waals surface area contributed by atoms with Crippen LogP contribution in [0.1, 0.15) is 27.5 Å². The van der Waals surface area contributed by atoms with E-state index in [9.17, 15) is 19.7 Å². The topological polar surface area (TPSA) is 125 Å². The molecule has 0 bridgehead atoms. The van der Waals surface area contributed by atoms with Gasteiger partial charge in [-0.1, -0.05) is 30.3 Å². The fourth-order valence-corrected chi connectivity index (χ4v) is 2.54. The number of nitrogens with one attached hydrogen (secondary N) is 1. The number of esters is 1. The van der Waals surface area contributed by atoms with E-state index in [1.807, 2.05) is 30.3 Å². The van der Waals surface area contributed by atoms with Gasteiger partial charge in [-0.15, -0.1) is 0 Å². The van der Waals surface area contributed by atoms with Gasteiger partial charge in [0.05, 0.1) is 17.6 Å². The summed E-state index contributed by atoms with van der Waals surface area (Å²) < 4.78 is 4.77. The number of rotatable bonds is 8. The summed E-state index contributed by atoms with van der Waals surface area (Å²) in [4.78, 5) is 34.1. The van der Waals surface area contributed by atoms with Crippen molar-refractivity contribution in [2.75, 3.05) is 13.7 Å². The van der Waals surface area contributed by atoms with Gasteiger partial charge in [-0.25, -0.2) is 4.79 Å². The Bertz CT molecular complexity index is 808. The van der Waals surface area contributed by atoms with Gasteiger partial charge in [-0.3, -0.25) is 14.9 Å². The van der Waals surface area contributed by atoms with Crippen LogP contribution in [0.25, 0.3) is 0 Å². The van der Waals surface area contributed by atoms with Crippen LogP contribution in [0.2, 0.25) is 0 Å². The lowest BCUT2D eigenvalue weighted by Gasteiger charge is -2.17. The van der Waals surface area contributed by atoms with E-state index >= 15 is 0 Å². The van der Waals surface area contributed by atoms with Crippen LogP contribution in [0.3, 0.4) is 0 Å². The molecule has 0 heterocycles. The highest BCUT2D eigenvalue weighted by Crippen LogP contribution is 2.27. The summed E-state index contributed by atoms with van der Waals surface area (Å²) in [7, 11) is 1.21. The number of primary amides is 1. The van der Waals surface area contributed by atoms with Crippen molar-refractivity contribution in [3.8, 4) is 0 Å². The lowest BCUT2D eigenvalue weighted by Crippen LogP contribution is -2.32. The molecule has 0 saturated heterocycles. The average molecular weight is 357 g/mol. The van der Waals surface area contributed by atoms with Crippen molar-refractivity contribution in [2.24, 2.45) is 5.73 Å². The number of nitrogens with zero attached hydrogens (tertiary/aromatic N) is 1. The fourth-order valence-electron chi connectivity index (χ4n) is 2.54. The van der Waals surface area contributed by atoms with Crippen molar-refractivity contribution in [2.45, 2.75) is 12.5 Å². The maximum Gasteiger partial charge on any atom is 0.327 e. The van der Waals surface area contributed by atoms with E-state index in [1.165, 1.54) is 19.2 Å². The first-order valence-corrected chi connectivity index (χ1v) is 7.87. The molecule has 0 aliphatic rings. The summed E-state index contributed by atoms with van der Waals surface area (Å²) in [5, 5.41) is 14.4. The average Bonchev–Trinajstić information content (AvgIpc) is 2.65. The quantitative estimate of drug-likeness (QED) is 0.421. The summed E-state index contributed by atoms with van der Waals surface area (Å²) in [6, 6.07) is 12.3. The van der Waals surface area contributed by atoms with E-state index in [4.69, 9.17) is 10.5 Å². The van der Waals surface area contributed by atoms with Crippen LogP contribution >= 0.6 is 0 Å². The number of nitrogens with two attached hydrogens (primary N) is 1. The van der Waals surface area contributed by atoms with E-state index < -0.39 is 22.8 Å². The molecule has 0 aliphatic heterocycles. The molecule has 0 saturated carbocycles. The number of nitro benzene ring substituents is 1. The fraction of sp³-hybridized carbons (Fsp3) is 0.222. The van der Waals surface area contributed by atoms with Crippen molar-refractivity contribution in [3.05, 3.63) is 75.3 Å². The van der Waals surface area contributed by atoms with E-state index in [0.717, 1.165) is 11.6 Å². The number of benzene rings is 2. The highest BCUT2D eigenvalue weighted by molar-refractivity contribution is 5.94. The van der Waals surface area contributed by atoms with Gasteiger partial charge in [-0.2, -0.15) is 0 Å². The van der Waals surface area contributed by atoms with Gasteiger partial charge >= 0.3 is 5.97 Å². The van der Waals surface area contributed by atoms with Crippen LogP contribution in [-0.2, 0) is 16.0 Å². The Morgan fingerprint density at radius 3 is 2.50 bits per heavy atom. The minimum atomic E-state index is -1.04. The molecule has 0 spiro atoms. The summed E-state index contributed by atoms with van der Waals surface area (Å²) in [5.74, 6) is -1.45. The van der Waals surface area contributed by atoms with E-state index in [2.05, 4.69) is 5.32 Å². The molecule has 136 valence electrons. The standard InChI is InChI=1S/C18H19N3O5/c1-26-18(23)16(20-10-9-12-5-3-2-4-6-12)14-8-7-13(17(19)22)11-15(14)21(24)25/h2-8,11,16,20H,9-10H2,1H3,(H2,19,22)/t16-/m0/s1. The second kappa shape index (κ2) is 8.72. The molecule has 1 atom stereocenters. The van der Waals surface area contributed by atoms with Crippen molar-refractivity contribution in [1.82, 2.24) is 5.32 Å². The van der Waals surface area contributed by atoms with Gasteiger partial charge in [0.15, 0.2) is 0 Å². The lowest BCUT2D eigenvalue weighted by molar-refractivity contribution is -0.385. The summed E-state index contributed by atoms with van der Waals surface area (Å²) in [6.07, 6.45) is 0.626. The maximum absolute atomic E-state index is 12.1. The van der Waals surface area contributed by atoms with Crippen molar-refractivity contribution >= 4 is 17.6 Å².